The van der Waals surface area contributed by atoms with Crippen LogP contribution in [0.15, 0.2) is 24.3 Å². The van der Waals surface area contributed by atoms with E-state index in [0.717, 1.165) is 5.56 Å². The maximum absolute atomic E-state index is 12.5. The Hall–Kier alpha value is -1.21. The normalized spacial score (nSPS) is 11.0. The van der Waals surface area contributed by atoms with E-state index in [2.05, 4.69) is 15.5 Å². The van der Waals surface area contributed by atoms with Gasteiger partial charge in [-0.2, -0.15) is 0 Å². The van der Waals surface area contributed by atoms with Gasteiger partial charge in [0.15, 0.2) is 5.01 Å². The first-order valence-corrected chi connectivity index (χ1v) is 8.35. The Kier molecular flexibility index (Phi) is 7.41. The molecule has 0 atom stereocenters. The summed E-state index contributed by atoms with van der Waals surface area (Å²) in [5, 5.41) is 12.7. The molecule has 1 heterocycles. The highest BCUT2D eigenvalue weighted by Crippen LogP contribution is 2.33. The van der Waals surface area contributed by atoms with E-state index >= 15 is 0 Å². The van der Waals surface area contributed by atoms with Crippen LogP contribution >= 0.6 is 35.3 Å². The third-order valence-electron chi connectivity index (χ3n) is 3.98. The molecule has 1 aromatic carbocycles. The zero-order valence-corrected chi connectivity index (χ0v) is 15.4. The van der Waals surface area contributed by atoms with Gasteiger partial charge >= 0.3 is 0 Å². The molecule has 3 N–H and O–H groups in total. The molecule has 2 aromatic rings. The fourth-order valence-corrected chi connectivity index (χ4v) is 3.26. The van der Waals surface area contributed by atoms with Crippen LogP contribution in [0, 0.1) is 5.41 Å². The average Bonchev–Trinajstić information content (AvgIpc) is 2.98. The molecule has 0 bridgehead atoms. The van der Waals surface area contributed by atoms with Crippen molar-refractivity contribution in [3.05, 3.63) is 29.3 Å². The Morgan fingerprint density at radius 2 is 1.96 bits per heavy atom. The molecule has 1 amide bonds. The van der Waals surface area contributed by atoms with Gasteiger partial charge in [0.25, 0.3) is 0 Å². The minimum absolute atomic E-state index is 0. The highest BCUT2D eigenvalue weighted by atomic mass is 35.5. The van der Waals surface area contributed by atoms with Gasteiger partial charge in [0.2, 0.25) is 11.0 Å². The van der Waals surface area contributed by atoms with Gasteiger partial charge in [-0.1, -0.05) is 55.0 Å². The van der Waals surface area contributed by atoms with Crippen molar-refractivity contribution < 1.29 is 4.79 Å². The lowest BCUT2D eigenvalue weighted by molar-refractivity contribution is -0.125. The summed E-state index contributed by atoms with van der Waals surface area (Å²) in [5.41, 5.74) is 6.03. The number of benzene rings is 1. The van der Waals surface area contributed by atoms with Crippen LogP contribution in [0.25, 0.3) is 10.6 Å². The fraction of sp³-hybridized carbons (Fsp3) is 0.400. The zero-order chi connectivity index (χ0) is 16.2. The van der Waals surface area contributed by atoms with Gasteiger partial charge in [0.1, 0.15) is 0 Å². The molecule has 2 rings (SSSR count). The number of halogens is 2. The maximum atomic E-state index is 12.5. The van der Waals surface area contributed by atoms with Crippen molar-refractivity contribution in [2.75, 3.05) is 11.9 Å². The monoisotopic (exact) mass is 374 g/mol. The highest BCUT2D eigenvalue weighted by molar-refractivity contribution is 7.18. The lowest BCUT2D eigenvalue weighted by atomic mass is 9.81. The van der Waals surface area contributed by atoms with Crippen molar-refractivity contribution in [1.29, 1.82) is 0 Å². The zero-order valence-electron chi connectivity index (χ0n) is 13.0. The van der Waals surface area contributed by atoms with Gasteiger partial charge in [-0.05, 0) is 18.9 Å². The standard InChI is InChI=1S/C15H19ClN4OS.ClH/c1-3-15(4-2,9-17)13(21)18-14-20-19-12(22-14)10-7-5-6-8-11(10)16;/h5-8H,3-4,9,17H2,1-2H3,(H,18,20,21);1H. The van der Waals surface area contributed by atoms with E-state index in [4.69, 9.17) is 17.3 Å². The van der Waals surface area contributed by atoms with E-state index in [0.29, 0.717) is 34.5 Å². The number of aromatic nitrogens is 2. The van der Waals surface area contributed by atoms with Crippen molar-refractivity contribution in [3.63, 3.8) is 0 Å². The van der Waals surface area contributed by atoms with Gasteiger partial charge in [-0.25, -0.2) is 0 Å². The van der Waals surface area contributed by atoms with E-state index < -0.39 is 5.41 Å². The molecule has 0 fully saturated rings. The third kappa shape index (κ3) is 4.20. The molecular weight excluding hydrogens is 355 g/mol. The number of hydrogen-bond acceptors (Lipinski definition) is 5. The molecule has 8 heteroatoms. The van der Waals surface area contributed by atoms with E-state index in [9.17, 15) is 4.79 Å². The molecule has 0 spiro atoms. The highest BCUT2D eigenvalue weighted by Gasteiger charge is 2.34. The molecule has 126 valence electrons. The summed E-state index contributed by atoms with van der Waals surface area (Å²) in [5.74, 6) is -0.109. The topological polar surface area (TPSA) is 80.9 Å². The van der Waals surface area contributed by atoms with Gasteiger partial charge < -0.3 is 5.73 Å². The third-order valence-corrected chi connectivity index (χ3v) is 5.18. The van der Waals surface area contributed by atoms with Crippen molar-refractivity contribution in [3.8, 4) is 10.6 Å². The van der Waals surface area contributed by atoms with Crippen LogP contribution in [0.1, 0.15) is 26.7 Å². The summed E-state index contributed by atoms with van der Waals surface area (Å²) < 4.78 is 0. The summed E-state index contributed by atoms with van der Waals surface area (Å²) >= 11 is 7.45. The number of nitrogens with two attached hydrogens (primary N) is 1. The number of hydrogen-bond donors (Lipinski definition) is 2. The summed E-state index contributed by atoms with van der Waals surface area (Å²) in [4.78, 5) is 12.5. The van der Waals surface area contributed by atoms with Gasteiger partial charge in [-0.3, -0.25) is 10.1 Å². The van der Waals surface area contributed by atoms with Crippen molar-refractivity contribution >= 4 is 46.4 Å². The van der Waals surface area contributed by atoms with Crippen LogP contribution < -0.4 is 11.1 Å². The number of anilines is 1. The van der Waals surface area contributed by atoms with Crippen LogP contribution in [-0.2, 0) is 4.79 Å². The predicted molar refractivity (Wildman–Crippen MR) is 98.3 cm³/mol. The van der Waals surface area contributed by atoms with Crippen molar-refractivity contribution in [1.82, 2.24) is 10.2 Å². The SMILES string of the molecule is CCC(CC)(CN)C(=O)Nc1nnc(-c2ccccc2Cl)s1.Cl. The smallest absolute Gasteiger partial charge is 0.233 e. The molecule has 1 aromatic heterocycles. The Balaban J connectivity index is 0.00000264. The molecule has 0 aliphatic rings. The molecule has 0 aliphatic heterocycles. The molecule has 0 radical (unpaired) electrons. The molecule has 0 aliphatic carbocycles. The van der Waals surface area contributed by atoms with Crippen LogP contribution in [0.2, 0.25) is 5.02 Å². The molecule has 0 saturated carbocycles. The second kappa shape index (κ2) is 8.59. The van der Waals surface area contributed by atoms with E-state index in [1.165, 1.54) is 11.3 Å². The summed E-state index contributed by atoms with van der Waals surface area (Å²) in [6, 6.07) is 7.41. The number of carbonyl (C=O) groups excluding carboxylic acids is 1. The van der Waals surface area contributed by atoms with Crippen LogP contribution in [-0.4, -0.2) is 22.6 Å². The lowest BCUT2D eigenvalue weighted by Crippen LogP contribution is -2.41. The number of carbonyl (C=O) groups is 1. The van der Waals surface area contributed by atoms with Gasteiger partial charge in [-0.15, -0.1) is 22.6 Å². The number of nitrogens with zero attached hydrogens (tertiary/aromatic N) is 2. The second-order valence-electron chi connectivity index (χ2n) is 5.04. The van der Waals surface area contributed by atoms with E-state index in [1.54, 1.807) is 6.07 Å². The fourth-order valence-electron chi connectivity index (χ4n) is 2.20. The van der Waals surface area contributed by atoms with Crippen molar-refractivity contribution in [2.24, 2.45) is 11.1 Å². The molecule has 5 nitrogen and oxygen atoms in total. The number of rotatable bonds is 6. The maximum Gasteiger partial charge on any atom is 0.233 e. The molecule has 0 unspecified atom stereocenters. The second-order valence-corrected chi connectivity index (χ2v) is 6.42. The minimum atomic E-state index is -0.559. The van der Waals surface area contributed by atoms with E-state index in [-0.39, 0.29) is 18.3 Å². The first-order chi connectivity index (χ1) is 10.6. The summed E-state index contributed by atoms with van der Waals surface area (Å²) in [6.07, 6.45) is 1.37. The largest absolute Gasteiger partial charge is 0.329 e. The Labute approximate surface area is 151 Å². The Bertz CT molecular complexity index is 650. The quantitative estimate of drug-likeness (QED) is 0.800. The average molecular weight is 375 g/mol. The molecule has 23 heavy (non-hydrogen) atoms. The van der Waals surface area contributed by atoms with Gasteiger partial charge in [0, 0.05) is 12.1 Å². The summed E-state index contributed by atoms with van der Waals surface area (Å²) in [6.45, 7) is 4.23. The molecule has 0 saturated heterocycles. The minimum Gasteiger partial charge on any atom is -0.329 e. The number of amides is 1. The predicted octanol–water partition coefficient (Wildman–Crippen LogP) is 3.98. The Morgan fingerprint density at radius 1 is 1.30 bits per heavy atom. The van der Waals surface area contributed by atoms with Crippen LogP contribution in [0.5, 0.6) is 0 Å². The van der Waals surface area contributed by atoms with Crippen LogP contribution in [0.4, 0.5) is 5.13 Å². The summed E-state index contributed by atoms with van der Waals surface area (Å²) in [7, 11) is 0. The van der Waals surface area contributed by atoms with Gasteiger partial charge in [0.05, 0.1) is 10.4 Å². The van der Waals surface area contributed by atoms with Crippen LogP contribution in [0.3, 0.4) is 0 Å². The van der Waals surface area contributed by atoms with E-state index in [1.807, 2.05) is 32.0 Å². The van der Waals surface area contributed by atoms with Crippen molar-refractivity contribution in [2.45, 2.75) is 26.7 Å². The Morgan fingerprint density at radius 3 is 2.52 bits per heavy atom. The molecular formula is C15H20Cl2N4OS. The first kappa shape index (κ1) is 19.8. The number of nitrogens with one attached hydrogen (secondary N) is 1. The lowest BCUT2D eigenvalue weighted by Gasteiger charge is -2.27. The first-order valence-electron chi connectivity index (χ1n) is 7.16.